The fourth-order valence-electron chi connectivity index (χ4n) is 3.24. The molecule has 2 rings (SSSR count). The maximum atomic E-state index is 11.4. The first-order chi connectivity index (χ1) is 16.3. The average Bonchev–Trinajstić information content (AvgIpc) is 2.82. The van der Waals surface area contributed by atoms with Gasteiger partial charge in [-0.25, -0.2) is 4.79 Å². The van der Waals surface area contributed by atoms with Gasteiger partial charge >= 0.3 is 11.9 Å². The molecule has 7 heteroatoms. The summed E-state index contributed by atoms with van der Waals surface area (Å²) < 4.78 is 10.7. The second-order valence-corrected chi connectivity index (χ2v) is 8.49. The molecule has 1 unspecified atom stereocenters. The fraction of sp³-hybridized carbons (Fsp3) is 0.481. The van der Waals surface area contributed by atoms with Crippen LogP contribution >= 0.6 is 11.6 Å². The lowest BCUT2D eigenvalue weighted by Crippen LogP contribution is -2.26. The summed E-state index contributed by atoms with van der Waals surface area (Å²) in [5.41, 5.74) is 1.24. The topological polar surface area (TPSA) is 93.1 Å². The third-order valence-corrected chi connectivity index (χ3v) is 5.45. The van der Waals surface area contributed by atoms with Crippen LogP contribution < -0.4 is 9.47 Å². The molecular weight excluding hydrogens is 456 g/mol. The highest BCUT2D eigenvalue weighted by atomic mass is 35.5. The summed E-state index contributed by atoms with van der Waals surface area (Å²) in [5.74, 6) is -0.365. The van der Waals surface area contributed by atoms with Gasteiger partial charge in [-0.2, -0.15) is 0 Å². The second kappa shape index (κ2) is 17.7. The Bertz CT molecular complexity index is 820. The Labute approximate surface area is 207 Å². The van der Waals surface area contributed by atoms with Crippen molar-refractivity contribution in [2.45, 2.75) is 77.2 Å². The molecule has 2 aromatic rings. The van der Waals surface area contributed by atoms with Gasteiger partial charge in [-0.05, 0) is 74.1 Å². The highest BCUT2D eigenvalue weighted by Gasteiger charge is 2.18. The standard InChI is InChI=1S/C20H23ClO4.C7H14O2/c1-24-17-11-13-18(14-12-17)25-19(20(22)23)6-4-2-3-5-15-7-9-16(21)10-8-15;1-2-3-4-5-6-7(8)9/h7-14,19H,2-6H2,1H3,(H,22,23);2-6H2,1H3,(H,8,9). The number of halogens is 1. The predicted octanol–water partition coefficient (Wildman–Crippen LogP) is 7.03. The summed E-state index contributed by atoms with van der Waals surface area (Å²) in [6.07, 6.45) is 7.95. The minimum absolute atomic E-state index is 0.333. The molecule has 34 heavy (non-hydrogen) atoms. The van der Waals surface area contributed by atoms with Crippen LogP contribution in [0.25, 0.3) is 0 Å². The number of methoxy groups -OCH3 is 1. The molecule has 6 nitrogen and oxygen atoms in total. The number of carboxylic acids is 2. The van der Waals surface area contributed by atoms with E-state index in [1.165, 1.54) is 12.0 Å². The zero-order chi connectivity index (χ0) is 25.2. The minimum atomic E-state index is -0.937. The molecule has 2 aromatic carbocycles. The first-order valence-corrected chi connectivity index (χ1v) is 12.2. The number of aliphatic carboxylic acids is 2. The number of carboxylic acid groups (broad SMARTS) is 2. The zero-order valence-electron chi connectivity index (χ0n) is 20.2. The first-order valence-electron chi connectivity index (χ1n) is 11.9. The van der Waals surface area contributed by atoms with Crippen LogP contribution in [0.1, 0.15) is 70.3 Å². The lowest BCUT2D eigenvalue weighted by molar-refractivity contribution is -0.145. The zero-order valence-corrected chi connectivity index (χ0v) is 20.9. The van der Waals surface area contributed by atoms with E-state index in [2.05, 4.69) is 6.92 Å². The molecule has 0 saturated heterocycles. The van der Waals surface area contributed by atoms with Crippen molar-refractivity contribution in [1.29, 1.82) is 0 Å². The second-order valence-electron chi connectivity index (χ2n) is 8.05. The molecule has 2 N–H and O–H groups in total. The number of benzene rings is 2. The van der Waals surface area contributed by atoms with Crippen LogP contribution in [0.4, 0.5) is 0 Å². The van der Waals surface area contributed by atoms with Crippen molar-refractivity contribution in [3.8, 4) is 11.5 Å². The Kier molecular flexibility index (Phi) is 15.3. The van der Waals surface area contributed by atoms with E-state index in [4.69, 9.17) is 26.2 Å². The number of rotatable bonds is 15. The fourth-order valence-corrected chi connectivity index (χ4v) is 3.37. The van der Waals surface area contributed by atoms with E-state index in [1.807, 2.05) is 24.3 Å². The average molecular weight is 493 g/mol. The van der Waals surface area contributed by atoms with Crippen LogP contribution in [0.5, 0.6) is 11.5 Å². The minimum Gasteiger partial charge on any atom is -0.497 e. The Balaban J connectivity index is 0.000000546. The number of aryl methyl sites for hydroxylation is 1. The van der Waals surface area contributed by atoms with Crippen molar-refractivity contribution >= 4 is 23.5 Å². The van der Waals surface area contributed by atoms with E-state index in [0.717, 1.165) is 50.0 Å². The molecule has 0 amide bonds. The van der Waals surface area contributed by atoms with Gasteiger partial charge in [0.25, 0.3) is 0 Å². The monoisotopic (exact) mass is 492 g/mol. The maximum Gasteiger partial charge on any atom is 0.344 e. The van der Waals surface area contributed by atoms with Gasteiger partial charge in [-0.3, -0.25) is 4.79 Å². The Morgan fingerprint density at radius 2 is 1.47 bits per heavy atom. The van der Waals surface area contributed by atoms with Crippen LogP contribution in [0, 0.1) is 0 Å². The third-order valence-electron chi connectivity index (χ3n) is 5.20. The molecule has 0 spiro atoms. The van der Waals surface area contributed by atoms with Crippen LogP contribution in [0.2, 0.25) is 5.02 Å². The lowest BCUT2D eigenvalue weighted by Gasteiger charge is -2.15. The summed E-state index contributed by atoms with van der Waals surface area (Å²) in [6, 6.07) is 14.8. The van der Waals surface area contributed by atoms with Crippen molar-refractivity contribution < 1.29 is 29.3 Å². The van der Waals surface area contributed by atoms with E-state index < -0.39 is 18.0 Å². The molecule has 0 aromatic heterocycles. The molecule has 0 radical (unpaired) electrons. The van der Waals surface area contributed by atoms with Crippen molar-refractivity contribution in [1.82, 2.24) is 0 Å². The van der Waals surface area contributed by atoms with Crippen LogP contribution in [0.3, 0.4) is 0 Å². The highest BCUT2D eigenvalue weighted by Crippen LogP contribution is 2.20. The molecule has 0 saturated carbocycles. The molecule has 0 heterocycles. The first kappa shape index (κ1) is 29.3. The van der Waals surface area contributed by atoms with Gasteiger partial charge in [0.05, 0.1) is 7.11 Å². The largest absolute Gasteiger partial charge is 0.497 e. The van der Waals surface area contributed by atoms with Gasteiger partial charge in [0.15, 0.2) is 6.10 Å². The molecule has 0 fully saturated rings. The maximum absolute atomic E-state index is 11.4. The van der Waals surface area contributed by atoms with E-state index in [0.29, 0.717) is 24.3 Å². The van der Waals surface area contributed by atoms with Crippen molar-refractivity contribution in [3.05, 3.63) is 59.1 Å². The lowest BCUT2D eigenvalue weighted by atomic mass is 10.0. The quantitative estimate of drug-likeness (QED) is 0.259. The van der Waals surface area contributed by atoms with Crippen molar-refractivity contribution in [2.75, 3.05) is 7.11 Å². The van der Waals surface area contributed by atoms with Gasteiger partial charge in [-0.15, -0.1) is 0 Å². The van der Waals surface area contributed by atoms with E-state index >= 15 is 0 Å². The Morgan fingerprint density at radius 3 is 2.03 bits per heavy atom. The van der Waals surface area contributed by atoms with Gasteiger partial charge in [0.2, 0.25) is 0 Å². The smallest absolute Gasteiger partial charge is 0.344 e. The van der Waals surface area contributed by atoms with E-state index in [1.54, 1.807) is 31.4 Å². The number of ether oxygens (including phenoxy) is 2. The van der Waals surface area contributed by atoms with Gasteiger partial charge < -0.3 is 19.7 Å². The van der Waals surface area contributed by atoms with Crippen molar-refractivity contribution in [3.63, 3.8) is 0 Å². The van der Waals surface area contributed by atoms with E-state index in [9.17, 15) is 14.7 Å². The Morgan fingerprint density at radius 1 is 0.853 bits per heavy atom. The molecule has 1 atom stereocenters. The SMILES string of the molecule is CCCCCCC(=O)O.COc1ccc(OC(CCCCCc2ccc(Cl)cc2)C(=O)O)cc1. The highest BCUT2D eigenvalue weighted by molar-refractivity contribution is 6.30. The number of unbranched alkanes of at least 4 members (excludes halogenated alkanes) is 5. The van der Waals surface area contributed by atoms with Gasteiger partial charge in [0.1, 0.15) is 11.5 Å². The predicted molar refractivity (Wildman–Crippen MR) is 135 cm³/mol. The summed E-state index contributed by atoms with van der Waals surface area (Å²) in [6.45, 7) is 2.11. The summed E-state index contributed by atoms with van der Waals surface area (Å²) in [4.78, 5) is 21.3. The molecule has 0 bridgehead atoms. The summed E-state index contributed by atoms with van der Waals surface area (Å²) in [5, 5.41) is 18.3. The molecule has 0 aliphatic carbocycles. The van der Waals surface area contributed by atoms with Crippen LogP contribution in [0.15, 0.2) is 48.5 Å². The molecular formula is C27H37ClO6. The number of hydrogen-bond acceptors (Lipinski definition) is 4. The van der Waals surface area contributed by atoms with Crippen LogP contribution in [-0.4, -0.2) is 35.4 Å². The van der Waals surface area contributed by atoms with Crippen molar-refractivity contribution in [2.24, 2.45) is 0 Å². The number of hydrogen-bond donors (Lipinski definition) is 2. The summed E-state index contributed by atoms with van der Waals surface area (Å²) >= 11 is 5.87. The molecule has 0 aliphatic heterocycles. The van der Waals surface area contributed by atoms with Gasteiger partial charge in [-0.1, -0.05) is 56.3 Å². The van der Waals surface area contributed by atoms with Crippen LogP contribution in [-0.2, 0) is 16.0 Å². The molecule has 0 aliphatic rings. The summed E-state index contributed by atoms with van der Waals surface area (Å²) in [7, 11) is 1.58. The Hall–Kier alpha value is -2.73. The third kappa shape index (κ3) is 13.7. The molecule has 188 valence electrons. The normalized spacial score (nSPS) is 11.1. The van der Waals surface area contributed by atoms with Gasteiger partial charge in [0, 0.05) is 11.4 Å². The number of carbonyl (C=O) groups is 2. The van der Waals surface area contributed by atoms with E-state index in [-0.39, 0.29) is 0 Å².